The number of rotatable bonds is 2. The molecule has 0 aromatic rings. The van der Waals surface area contributed by atoms with Gasteiger partial charge in [-0.05, 0) is 13.8 Å². The van der Waals surface area contributed by atoms with Gasteiger partial charge in [0, 0.05) is 19.1 Å². The Bertz CT molecular complexity index is 265. The standard InChI is InChI=1S/C10H19N3O2/c1-6(7(2)11)10(15)13-5-4-12-9(14)8(13)3/h6-8H,4-5,11H2,1-3H3,(H,12,14). The number of hydrogen-bond donors (Lipinski definition) is 2. The van der Waals surface area contributed by atoms with E-state index in [4.69, 9.17) is 5.73 Å². The van der Waals surface area contributed by atoms with Crippen LogP contribution in [0.15, 0.2) is 0 Å². The van der Waals surface area contributed by atoms with Crippen LogP contribution in [0.4, 0.5) is 0 Å². The number of nitrogens with two attached hydrogens (primary N) is 1. The lowest BCUT2D eigenvalue weighted by atomic mass is 10.0. The Morgan fingerprint density at radius 1 is 1.60 bits per heavy atom. The van der Waals surface area contributed by atoms with Crippen molar-refractivity contribution in [3.05, 3.63) is 0 Å². The first kappa shape index (κ1) is 12.0. The van der Waals surface area contributed by atoms with E-state index in [0.29, 0.717) is 13.1 Å². The lowest BCUT2D eigenvalue weighted by molar-refractivity contribution is -0.145. The third-order valence-electron chi connectivity index (χ3n) is 2.96. The van der Waals surface area contributed by atoms with E-state index < -0.39 is 0 Å². The fourth-order valence-electron chi connectivity index (χ4n) is 1.57. The number of carbonyl (C=O) groups excluding carboxylic acids is 2. The van der Waals surface area contributed by atoms with Crippen LogP contribution in [0.25, 0.3) is 0 Å². The lowest BCUT2D eigenvalue weighted by Gasteiger charge is -2.35. The molecule has 2 amide bonds. The van der Waals surface area contributed by atoms with Crippen LogP contribution < -0.4 is 11.1 Å². The summed E-state index contributed by atoms with van der Waals surface area (Å²) in [5.74, 6) is -0.364. The summed E-state index contributed by atoms with van der Waals surface area (Å²) in [6, 6.07) is -0.567. The van der Waals surface area contributed by atoms with E-state index in [0.717, 1.165) is 0 Å². The fourth-order valence-corrected chi connectivity index (χ4v) is 1.57. The predicted molar refractivity (Wildman–Crippen MR) is 57.0 cm³/mol. The van der Waals surface area contributed by atoms with E-state index in [2.05, 4.69) is 5.32 Å². The molecule has 86 valence electrons. The highest BCUT2D eigenvalue weighted by atomic mass is 16.2. The van der Waals surface area contributed by atoms with E-state index in [9.17, 15) is 9.59 Å². The predicted octanol–water partition coefficient (Wildman–Crippen LogP) is -0.683. The Kier molecular flexibility index (Phi) is 3.68. The maximum atomic E-state index is 12.0. The van der Waals surface area contributed by atoms with Gasteiger partial charge in [-0.2, -0.15) is 0 Å². The average Bonchev–Trinajstić information content (AvgIpc) is 2.20. The molecule has 0 aromatic heterocycles. The molecule has 15 heavy (non-hydrogen) atoms. The fraction of sp³-hybridized carbons (Fsp3) is 0.800. The van der Waals surface area contributed by atoms with Gasteiger partial charge in [-0.3, -0.25) is 9.59 Å². The molecule has 1 heterocycles. The van der Waals surface area contributed by atoms with Crippen molar-refractivity contribution in [2.75, 3.05) is 13.1 Å². The van der Waals surface area contributed by atoms with Gasteiger partial charge in [-0.25, -0.2) is 0 Å². The lowest BCUT2D eigenvalue weighted by Crippen LogP contribution is -2.58. The third-order valence-corrected chi connectivity index (χ3v) is 2.96. The van der Waals surface area contributed by atoms with Crippen LogP contribution in [0.5, 0.6) is 0 Å². The van der Waals surface area contributed by atoms with Crippen molar-refractivity contribution < 1.29 is 9.59 Å². The van der Waals surface area contributed by atoms with E-state index in [-0.39, 0.29) is 29.8 Å². The van der Waals surface area contributed by atoms with E-state index >= 15 is 0 Å². The van der Waals surface area contributed by atoms with Crippen molar-refractivity contribution in [1.29, 1.82) is 0 Å². The smallest absolute Gasteiger partial charge is 0.242 e. The van der Waals surface area contributed by atoms with Crippen LogP contribution in [0.2, 0.25) is 0 Å². The molecule has 1 rings (SSSR count). The van der Waals surface area contributed by atoms with E-state index in [1.807, 2.05) is 0 Å². The molecular weight excluding hydrogens is 194 g/mol. The molecule has 3 unspecified atom stereocenters. The number of hydrogen-bond acceptors (Lipinski definition) is 3. The third kappa shape index (κ3) is 2.47. The second kappa shape index (κ2) is 4.61. The van der Waals surface area contributed by atoms with E-state index in [1.165, 1.54) is 0 Å². The molecule has 0 aliphatic carbocycles. The zero-order chi connectivity index (χ0) is 11.6. The van der Waals surface area contributed by atoms with Gasteiger partial charge in [0.05, 0.1) is 5.92 Å². The molecule has 0 radical (unpaired) electrons. The van der Waals surface area contributed by atoms with Gasteiger partial charge >= 0.3 is 0 Å². The zero-order valence-corrected chi connectivity index (χ0v) is 9.49. The summed E-state index contributed by atoms with van der Waals surface area (Å²) in [4.78, 5) is 24.9. The normalized spacial score (nSPS) is 25.7. The van der Waals surface area contributed by atoms with Crippen molar-refractivity contribution in [2.45, 2.75) is 32.9 Å². The van der Waals surface area contributed by atoms with Gasteiger partial charge in [0.15, 0.2) is 0 Å². The van der Waals surface area contributed by atoms with Gasteiger partial charge in [0.25, 0.3) is 0 Å². The molecular formula is C10H19N3O2. The number of nitrogens with zero attached hydrogens (tertiary/aromatic N) is 1. The summed E-state index contributed by atoms with van der Waals surface area (Å²) in [6.45, 7) is 6.44. The average molecular weight is 213 g/mol. The Morgan fingerprint density at radius 3 is 2.73 bits per heavy atom. The molecule has 3 N–H and O–H groups in total. The minimum atomic E-state index is -0.382. The molecule has 0 saturated carbocycles. The highest BCUT2D eigenvalue weighted by Gasteiger charge is 2.32. The first-order valence-electron chi connectivity index (χ1n) is 5.29. The van der Waals surface area contributed by atoms with Crippen LogP contribution in [-0.2, 0) is 9.59 Å². The van der Waals surface area contributed by atoms with Crippen molar-refractivity contribution in [1.82, 2.24) is 10.2 Å². The molecule has 5 heteroatoms. The Morgan fingerprint density at radius 2 is 2.20 bits per heavy atom. The number of piperazine rings is 1. The number of nitrogens with one attached hydrogen (secondary N) is 1. The van der Waals surface area contributed by atoms with Crippen molar-refractivity contribution in [3.63, 3.8) is 0 Å². The second-order valence-corrected chi connectivity index (χ2v) is 4.15. The second-order valence-electron chi connectivity index (χ2n) is 4.15. The summed E-state index contributed by atoms with van der Waals surface area (Å²) in [7, 11) is 0. The summed E-state index contributed by atoms with van der Waals surface area (Å²) >= 11 is 0. The highest BCUT2D eigenvalue weighted by Crippen LogP contribution is 2.11. The number of carbonyl (C=O) groups is 2. The van der Waals surface area contributed by atoms with Crippen LogP contribution in [-0.4, -0.2) is 41.9 Å². The Hall–Kier alpha value is -1.10. The summed E-state index contributed by atoms with van der Waals surface area (Å²) < 4.78 is 0. The number of amides is 2. The van der Waals surface area contributed by atoms with Crippen molar-refractivity contribution in [2.24, 2.45) is 11.7 Å². The van der Waals surface area contributed by atoms with Crippen molar-refractivity contribution >= 4 is 11.8 Å². The first-order valence-corrected chi connectivity index (χ1v) is 5.29. The first-order chi connectivity index (χ1) is 6.95. The molecule has 0 spiro atoms. The largest absolute Gasteiger partial charge is 0.353 e. The molecule has 3 atom stereocenters. The van der Waals surface area contributed by atoms with Gasteiger partial charge in [-0.1, -0.05) is 6.92 Å². The quantitative estimate of drug-likeness (QED) is 0.638. The zero-order valence-electron chi connectivity index (χ0n) is 9.49. The highest BCUT2D eigenvalue weighted by molar-refractivity contribution is 5.89. The van der Waals surface area contributed by atoms with Gasteiger partial charge < -0.3 is 16.0 Å². The molecule has 1 aliphatic rings. The minimum absolute atomic E-state index is 0.0349. The minimum Gasteiger partial charge on any atom is -0.353 e. The van der Waals surface area contributed by atoms with E-state index in [1.54, 1.807) is 25.7 Å². The summed E-state index contributed by atoms with van der Waals surface area (Å²) in [5.41, 5.74) is 5.68. The maximum Gasteiger partial charge on any atom is 0.242 e. The molecule has 0 aromatic carbocycles. The Balaban J connectivity index is 2.70. The van der Waals surface area contributed by atoms with Gasteiger partial charge in [0.2, 0.25) is 11.8 Å². The molecule has 1 fully saturated rings. The van der Waals surface area contributed by atoms with Gasteiger partial charge in [0.1, 0.15) is 6.04 Å². The SMILES string of the molecule is CC(N)C(C)C(=O)N1CCNC(=O)C1C. The van der Waals surface area contributed by atoms with Crippen LogP contribution in [0.3, 0.4) is 0 Å². The maximum absolute atomic E-state index is 12.0. The topological polar surface area (TPSA) is 75.4 Å². The van der Waals surface area contributed by atoms with Crippen LogP contribution in [0.1, 0.15) is 20.8 Å². The monoisotopic (exact) mass is 213 g/mol. The van der Waals surface area contributed by atoms with Crippen LogP contribution in [0, 0.1) is 5.92 Å². The molecule has 5 nitrogen and oxygen atoms in total. The molecule has 0 bridgehead atoms. The molecule has 1 saturated heterocycles. The van der Waals surface area contributed by atoms with Crippen LogP contribution >= 0.6 is 0 Å². The van der Waals surface area contributed by atoms with Gasteiger partial charge in [-0.15, -0.1) is 0 Å². The molecule has 1 aliphatic heterocycles. The Labute approximate surface area is 90.0 Å². The summed E-state index contributed by atoms with van der Waals surface area (Å²) in [5, 5.41) is 2.72. The van der Waals surface area contributed by atoms with Crippen molar-refractivity contribution in [3.8, 4) is 0 Å². The summed E-state index contributed by atoms with van der Waals surface area (Å²) in [6.07, 6.45) is 0.